The molecule has 1 aromatic rings. The number of halogens is 1. The van der Waals surface area contributed by atoms with Crippen molar-refractivity contribution in [3.63, 3.8) is 0 Å². The molecule has 1 aromatic heterocycles. The molecule has 0 radical (unpaired) electrons. The molecule has 3 nitrogen and oxygen atoms in total. The Balaban J connectivity index is 2.44. The number of alkyl halides is 1. The SMILES string of the molecule is Cc1cnn(C)c1C1(F)CNC1. The van der Waals surface area contributed by atoms with E-state index in [1.807, 2.05) is 6.92 Å². The molecule has 0 spiro atoms. The monoisotopic (exact) mass is 169 g/mol. The zero-order chi connectivity index (χ0) is 8.77. The van der Waals surface area contributed by atoms with Crippen LogP contribution in [0.15, 0.2) is 6.20 Å². The lowest BCUT2D eigenvalue weighted by atomic mass is 9.93. The maximum absolute atomic E-state index is 13.9. The molecule has 66 valence electrons. The van der Waals surface area contributed by atoms with Crippen molar-refractivity contribution in [1.29, 1.82) is 0 Å². The van der Waals surface area contributed by atoms with Crippen molar-refractivity contribution in [3.05, 3.63) is 17.5 Å². The highest BCUT2D eigenvalue weighted by molar-refractivity contribution is 5.26. The molecule has 1 aliphatic rings. The van der Waals surface area contributed by atoms with Crippen molar-refractivity contribution in [3.8, 4) is 0 Å². The van der Waals surface area contributed by atoms with Crippen molar-refractivity contribution in [1.82, 2.24) is 15.1 Å². The van der Waals surface area contributed by atoms with Crippen molar-refractivity contribution >= 4 is 0 Å². The smallest absolute Gasteiger partial charge is 0.177 e. The molecule has 2 heterocycles. The molecule has 1 N–H and O–H groups in total. The van der Waals surface area contributed by atoms with Crippen molar-refractivity contribution in [2.24, 2.45) is 7.05 Å². The van der Waals surface area contributed by atoms with E-state index < -0.39 is 5.67 Å². The Morgan fingerprint density at radius 1 is 1.67 bits per heavy atom. The van der Waals surface area contributed by atoms with Crippen molar-refractivity contribution < 1.29 is 4.39 Å². The standard InChI is InChI=1S/C8H12FN3/c1-6-3-11-12(2)7(6)8(9)4-10-5-8/h3,10H,4-5H2,1-2H3. The molecule has 1 fully saturated rings. The first-order valence-electron chi connectivity index (χ1n) is 4.02. The third kappa shape index (κ3) is 0.876. The molecule has 2 rings (SSSR count). The minimum absolute atomic E-state index is 0.410. The van der Waals surface area contributed by atoms with Gasteiger partial charge in [-0.3, -0.25) is 4.68 Å². The largest absolute Gasteiger partial charge is 0.309 e. The third-order valence-electron chi connectivity index (χ3n) is 2.36. The minimum atomic E-state index is -1.19. The maximum atomic E-state index is 13.9. The second-order valence-electron chi connectivity index (χ2n) is 3.37. The van der Waals surface area contributed by atoms with Gasteiger partial charge in [-0.15, -0.1) is 0 Å². The first-order valence-corrected chi connectivity index (χ1v) is 4.02. The Bertz CT molecular complexity index is 282. The zero-order valence-electron chi connectivity index (χ0n) is 7.26. The summed E-state index contributed by atoms with van der Waals surface area (Å²) < 4.78 is 15.5. The van der Waals surface area contributed by atoms with Crippen LogP contribution in [0.25, 0.3) is 0 Å². The van der Waals surface area contributed by atoms with Gasteiger partial charge in [0.25, 0.3) is 0 Å². The van der Waals surface area contributed by atoms with Crippen LogP contribution < -0.4 is 5.32 Å². The molecule has 0 saturated carbocycles. The summed E-state index contributed by atoms with van der Waals surface area (Å²) in [5.74, 6) is 0. The van der Waals surface area contributed by atoms with Crippen LogP contribution in [0.1, 0.15) is 11.3 Å². The molecule has 1 aliphatic heterocycles. The van der Waals surface area contributed by atoms with E-state index >= 15 is 0 Å². The highest BCUT2D eigenvalue weighted by Gasteiger charge is 2.42. The molecule has 0 aliphatic carbocycles. The lowest BCUT2D eigenvalue weighted by Gasteiger charge is -2.35. The highest BCUT2D eigenvalue weighted by Crippen LogP contribution is 2.31. The van der Waals surface area contributed by atoms with Crippen molar-refractivity contribution in [2.75, 3.05) is 13.1 Å². The van der Waals surface area contributed by atoms with Gasteiger partial charge in [0.2, 0.25) is 0 Å². The van der Waals surface area contributed by atoms with Gasteiger partial charge in [0.05, 0.1) is 11.9 Å². The molecule has 12 heavy (non-hydrogen) atoms. The van der Waals surface area contributed by atoms with E-state index in [0.29, 0.717) is 18.8 Å². The second-order valence-corrected chi connectivity index (χ2v) is 3.37. The fourth-order valence-electron chi connectivity index (χ4n) is 1.70. The number of hydrogen-bond acceptors (Lipinski definition) is 2. The van der Waals surface area contributed by atoms with Gasteiger partial charge in [0, 0.05) is 20.1 Å². The fourth-order valence-corrected chi connectivity index (χ4v) is 1.70. The molecular weight excluding hydrogens is 157 g/mol. The zero-order valence-corrected chi connectivity index (χ0v) is 7.26. The molecule has 0 amide bonds. The Kier molecular flexibility index (Phi) is 1.48. The van der Waals surface area contributed by atoms with Crippen LogP contribution in [0.4, 0.5) is 4.39 Å². The predicted molar refractivity (Wildman–Crippen MR) is 43.6 cm³/mol. The van der Waals surface area contributed by atoms with Crippen LogP contribution in [0.2, 0.25) is 0 Å². The van der Waals surface area contributed by atoms with E-state index in [9.17, 15) is 4.39 Å². The van der Waals surface area contributed by atoms with Crippen LogP contribution >= 0.6 is 0 Å². The Morgan fingerprint density at radius 3 is 2.67 bits per heavy atom. The number of rotatable bonds is 1. The van der Waals surface area contributed by atoms with Gasteiger partial charge in [-0.25, -0.2) is 4.39 Å². The van der Waals surface area contributed by atoms with E-state index in [-0.39, 0.29) is 0 Å². The average Bonchev–Trinajstić information content (AvgIpc) is 2.27. The normalized spacial score (nSPS) is 20.6. The molecule has 0 unspecified atom stereocenters. The summed E-state index contributed by atoms with van der Waals surface area (Å²) in [5, 5.41) is 6.94. The van der Waals surface area contributed by atoms with Gasteiger partial charge in [-0.1, -0.05) is 0 Å². The second kappa shape index (κ2) is 2.29. The van der Waals surface area contributed by atoms with E-state index in [2.05, 4.69) is 10.4 Å². The Morgan fingerprint density at radius 2 is 2.33 bits per heavy atom. The number of aromatic nitrogens is 2. The summed E-state index contributed by atoms with van der Waals surface area (Å²) in [6, 6.07) is 0. The van der Waals surface area contributed by atoms with Gasteiger partial charge in [0.15, 0.2) is 5.67 Å². The van der Waals surface area contributed by atoms with Crippen LogP contribution in [0.5, 0.6) is 0 Å². The van der Waals surface area contributed by atoms with E-state index in [1.54, 1.807) is 17.9 Å². The summed E-state index contributed by atoms with van der Waals surface area (Å²) in [5.41, 5.74) is 0.456. The van der Waals surface area contributed by atoms with E-state index in [1.165, 1.54) is 0 Å². The maximum Gasteiger partial charge on any atom is 0.177 e. The number of nitrogens with one attached hydrogen (secondary N) is 1. The molecule has 4 heteroatoms. The van der Waals surface area contributed by atoms with Crippen LogP contribution in [-0.2, 0) is 12.7 Å². The first kappa shape index (κ1) is 7.73. The summed E-state index contributed by atoms with van der Waals surface area (Å²) >= 11 is 0. The lowest BCUT2D eigenvalue weighted by Crippen LogP contribution is -2.54. The quantitative estimate of drug-likeness (QED) is 0.663. The molecule has 0 bridgehead atoms. The van der Waals surface area contributed by atoms with Gasteiger partial charge in [0.1, 0.15) is 0 Å². The summed E-state index contributed by atoms with van der Waals surface area (Å²) in [6.07, 6.45) is 1.70. The summed E-state index contributed by atoms with van der Waals surface area (Å²) in [6.45, 7) is 2.71. The van der Waals surface area contributed by atoms with E-state index in [0.717, 1.165) is 5.56 Å². The topological polar surface area (TPSA) is 29.9 Å². The Hall–Kier alpha value is -0.900. The average molecular weight is 169 g/mol. The third-order valence-corrected chi connectivity index (χ3v) is 2.36. The minimum Gasteiger partial charge on any atom is -0.309 e. The number of hydrogen-bond donors (Lipinski definition) is 1. The first-order chi connectivity index (χ1) is 5.63. The number of aryl methyl sites for hydroxylation is 2. The lowest BCUT2D eigenvalue weighted by molar-refractivity contribution is 0.0786. The van der Waals surface area contributed by atoms with Gasteiger partial charge in [-0.2, -0.15) is 5.10 Å². The predicted octanol–water partition coefficient (Wildman–Crippen LogP) is 0.497. The number of nitrogens with zero attached hydrogens (tertiary/aromatic N) is 2. The van der Waals surface area contributed by atoms with Crippen LogP contribution in [-0.4, -0.2) is 22.9 Å². The Labute approximate surface area is 70.6 Å². The molecule has 1 saturated heterocycles. The molecular formula is C8H12FN3. The summed E-state index contributed by atoms with van der Waals surface area (Å²) in [4.78, 5) is 0. The molecule has 0 atom stereocenters. The molecule has 0 aromatic carbocycles. The highest BCUT2D eigenvalue weighted by atomic mass is 19.1. The fraction of sp³-hybridized carbons (Fsp3) is 0.625. The van der Waals surface area contributed by atoms with Crippen molar-refractivity contribution in [2.45, 2.75) is 12.6 Å². The van der Waals surface area contributed by atoms with Gasteiger partial charge >= 0.3 is 0 Å². The van der Waals surface area contributed by atoms with Gasteiger partial charge < -0.3 is 5.32 Å². The van der Waals surface area contributed by atoms with E-state index in [4.69, 9.17) is 0 Å². The summed E-state index contributed by atoms with van der Waals surface area (Å²) in [7, 11) is 1.78. The van der Waals surface area contributed by atoms with Gasteiger partial charge in [-0.05, 0) is 12.5 Å². The van der Waals surface area contributed by atoms with Crippen LogP contribution in [0.3, 0.4) is 0 Å². The van der Waals surface area contributed by atoms with Crippen LogP contribution in [0, 0.1) is 6.92 Å².